The minimum atomic E-state index is -1.61. The van der Waals surface area contributed by atoms with E-state index in [0.29, 0.717) is 36.2 Å². The van der Waals surface area contributed by atoms with E-state index >= 15 is 0 Å². The zero-order valence-corrected chi connectivity index (χ0v) is 48.5. The molecular formula is C66H81N7O9S. The fraction of sp³-hybridized carbons (Fsp3) is 0.303. The molecule has 2 aliphatic carbocycles. The lowest BCUT2D eigenvalue weighted by Gasteiger charge is -2.36. The number of aryl methyl sites for hydroxylation is 2. The summed E-state index contributed by atoms with van der Waals surface area (Å²) in [5.41, 5.74) is 7.24. The number of aliphatic hydroxyl groups excluding tert-OH is 1. The first-order valence-electron chi connectivity index (χ1n) is 27.8. The number of nitrogens with one attached hydrogen (secondary N) is 1. The minimum absolute atomic E-state index is 0.0184. The number of thiazole rings is 1. The van der Waals surface area contributed by atoms with E-state index in [9.17, 15) is 25.1 Å². The number of hydrogen-bond donors (Lipinski definition) is 7. The molecule has 2 saturated carbocycles. The van der Waals surface area contributed by atoms with Gasteiger partial charge in [0, 0.05) is 52.4 Å². The molecule has 3 atom stereocenters. The van der Waals surface area contributed by atoms with Crippen molar-refractivity contribution < 1.29 is 39.3 Å². The molecular weight excluding hydrogens is 1070 g/mol. The van der Waals surface area contributed by atoms with Gasteiger partial charge in [-0.2, -0.15) is 5.90 Å². The van der Waals surface area contributed by atoms with E-state index < -0.39 is 16.5 Å². The van der Waals surface area contributed by atoms with Gasteiger partial charge in [0.25, 0.3) is 5.69 Å². The molecule has 7 aromatic carbocycles. The summed E-state index contributed by atoms with van der Waals surface area (Å²) in [6.45, 7) is 7.22. The van der Waals surface area contributed by atoms with Crippen LogP contribution in [-0.2, 0) is 41.8 Å². The smallest absolute Gasteiger partial charge is 0.361 e. The van der Waals surface area contributed by atoms with E-state index in [2.05, 4.69) is 187 Å². The maximum absolute atomic E-state index is 11.9. The van der Waals surface area contributed by atoms with Gasteiger partial charge in [-0.3, -0.25) is 20.3 Å². The largest absolute Gasteiger partial charge is 0.381 e. The van der Waals surface area contributed by atoms with Crippen LogP contribution in [0, 0.1) is 29.9 Å². The second-order valence-corrected chi connectivity index (χ2v) is 20.9. The van der Waals surface area contributed by atoms with Crippen LogP contribution in [0.2, 0.25) is 0 Å². The van der Waals surface area contributed by atoms with Gasteiger partial charge in [0.05, 0.1) is 36.5 Å². The van der Waals surface area contributed by atoms with Crippen LogP contribution in [0.25, 0.3) is 0 Å². The number of nitrogens with zero attached hydrogens (tertiary/aromatic N) is 2. The molecule has 17 heteroatoms. The molecule has 0 aliphatic heterocycles. The summed E-state index contributed by atoms with van der Waals surface area (Å²) in [6, 6.07) is 68.3. The number of carbonyl (C=O) groups excluding carboxylic acids is 1. The van der Waals surface area contributed by atoms with Crippen molar-refractivity contribution in [1.29, 1.82) is 0 Å². The third-order valence-electron chi connectivity index (χ3n) is 14.4. The number of nitro benzene ring substituents is 1. The summed E-state index contributed by atoms with van der Waals surface area (Å²) < 4.78 is 0. The molecule has 440 valence electrons. The molecule has 2 fully saturated rings. The Hall–Kier alpha value is -7.36. The number of nitro groups is 1. The number of nitrogens with two attached hydrogens (primary N) is 4. The highest BCUT2D eigenvalue weighted by molar-refractivity contribution is 7.09. The molecule has 0 radical (unpaired) electrons. The first-order chi connectivity index (χ1) is 40.4. The summed E-state index contributed by atoms with van der Waals surface area (Å²) in [4.78, 5) is 43.3. The summed E-state index contributed by atoms with van der Waals surface area (Å²) >= 11 is 1.69. The zero-order chi connectivity index (χ0) is 59.7. The average Bonchev–Trinajstić information content (AvgIpc) is 2.63. The predicted octanol–water partition coefficient (Wildman–Crippen LogP) is 11.7. The number of aliphatic hydroxyl groups is 2. The Morgan fingerprint density at radius 1 is 0.723 bits per heavy atom. The number of non-ortho nitro benzene ring substituents is 1. The molecule has 0 amide bonds. The Balaban J connectivity index is 0.000000194. The minimum Gasteiger partial charge on any atom is -0.381 e. The van der Waals surface area contributed by atoms with Crippen molar-refractivity contribution in [2.75, 3.05) is 19.9 Å². The Bertz CT molecular complexity index is 2920. The maximum Gasteiger partial charge on any atom is 0.361 e. The SMILES string of the molecule is CCON.Cc1csc(C)n1.NOC(=O)C(O)(c1ccccc1)C1CCCCC1.NOCCCC(c1ccccc1)c1ccccc1.NOCc1cccc([N+](=O)[O-])c1.OCNC1C(c2ccccc2)C1(c1ccccc1)c1ccccc1. The summed E-state index contributed by atoms with van der Waals surface area (Å²) in [6.07, 6.45) is 6.85. The number of aromatic nitrogens is 1. The van der Waals surface area contributed by atoms with Crippen LogP contribution < -0.4 is 28.9 Å². The maximum atomic E-state index is 11.9. The van der Waals surface area contributed by atoms with Crippen molar-refractivity contribution in [2.24, 2.45) is 29.5 Å². The number of carbonyl (C=O) groups is 1. The average molecular weight is 1150 g/mol. The fourth-order valence-corrected chi connectivity index (χ4v) is 11.2. The number of benzene rings is 7. The highest BCUT2D eigenvalue weighted by atomic mass is 32.1. The summed E-state index contributed by atoms with van der Waals surface area (Å²) in [7, 11) is 0. The van der Waals surface area contributed by atoms with Gasteiger partial charge in [-0.25, -0.2) is 27.5 Å². The fourth-order valence-electron chi connectivity index (χ4n) is 10.6. The molecule has 10 rings (SSSR count). The lowest BCUT2D eigenvalue weighted by molar-refractivity contribution is -0.385. The van der Waals surface area contributed by atoms with E-state index in [1.807, 2.05) is 32.9 Å². The molecule has 83 heavy (non-hydrogen) atoms. The highest BCUT2D eigenvalue weighted by Gasteiger charge is 2.66. The van der Waals surface area contributed by atoms with Crippen LogP contribution in [0.1, 0.15) is 113 Å². The van der Waals surface area contributed by atoms with Crippen molar-refractivity contribution in [2.45, 2.75) is 101 Å². The van der Waals surface area contributed by atoms with Crippen LogP contribution >= 0.6 is 11.3 Å². The number of rotatable bonds is 18. The van der Waals surface area contributed by atoms with E-state index in [4.69, 9.17) is 17.7 Å². The third kappa shape index (κ3) is 19.6. The van der Waals surface area contributed by atoms with Crippen LogP contribution in [0.3, 0.4) is 0 Å². The van der Waals surface area contributed by atoms with Crippen molar-refractivity contribution in [3.8, 4) is 0 Å². The Morgan fingerprint density at radius 3 is 1.65 bits per heavy atom. The Kier molecular flexibility index (Phi) is 29.0. The first-order valence-corrected chi connectivity index (χ1v) is 28.7. The van der Waals surface area contributed by atoms with Crippen LogP contribution in [0.4, 0.5) is 5.69 Å². The molecule has 16 nitrogen and oxygen atoms in total. The van der Waals surface area contributed by atoms with Crippen molar-refractivity contribution in [3.63, 3.8) is 0 Å². The second kappa shape index (κ2) is 36.3. The van der Waals surface area contributed by atoms with E-state index in [1.165, 1.54) is 39.9 Å². The van der Waals surface area contributed by atoms with Crippen LogP contribution in [-0.4, -0.2) is 52.1 Å². The molecule has 11 N–H and O–H groups in total. The molecule has 2 aliphatic rings. The molecule has 1 aromatic heterocycles. The quantitative estimate of drug-likeness (QED) is 0.0182. The lowest BCUT2D eigenvalue weighted by Crippen LogP contribution is -2.46. The van der Waals surface area contributed by atoms with E-state index in [0.717, 1.165) is 55.6 Å². The standard InChI is InChI=1S/C22H21NO.C16H19NO.C14H19NO3.C7H8N2O3.C5H7NS.C2H7NO/c24-16-23-21-20(17-10-4-1-5-11-17)22(21,18-12-6-2-7-13-18)19-14-8-3-9-15-19;17-18-13-7-12-16(14-8-3-1-4-9-14)15-10-5-2-6-11-15;15-18-13(16)14(17,11-7-3-1-4-8-11)12-9-5-2-6-10-12;8-12-5-6-2-1-3-7(4-6)9(10)11;1-4-3-7-5(2)6-4;1-2-4-3/h1-15,20-21,23-24H,16H2;1-6,8-11,16H,7,12-13,17H2;1,3-4,7-8,12,17H,2,5-6,9-10,15H2;1-4H,5,8H2;3H,1-2H3;2-3H2,1H3. The first kappa shape index (κ1) is 66.4. The van der Waals surface area contributed by atoms with Gasteiger partial charge in [0.15, 0.2) is 5.60 Å². The summed E-state index contributed by atoms with van der Waals surface area (Å²) in [5, 5.41) is 37.2. The van der Waals surface area contributed by atoms with Gasteiger partial charge >= 0.3 is 5.97 Å². The number of hydrogen-bond acceptors (Lipinski definition) is 16. The Morgan fingerprint density at radius 2 is 1.23 bits per heavy atom. The van der Waals surface area contributed by atoms with Crippen molar-refractivity contribution in [1.82, 2.24) is 10.3 Å². The van der Waals surface area contributed by atoms with Crippen molar-refractivity contribution in [3.05, 3.63) is 271 Å². The molecule has 1 heterocycles. The molecule has 0 bridgehead atoms. The predicted molar refractivity (Wildman–Crippen MR) is 328 cm³/mol. The molecule has 3 unspecified atom stereocenters. The topological polar surface area (TPSA) is 267 Å². The molecule has 0 spiro atoms. The summed E-state index contributed by atoms with van der Waals surface area (Å²) in [5.74, 6) is 19.3. The van der Waals surface area contributed by atoms with Gasteiger partial charge in [-0.05, 0) is 85.4 Å². The zero-order valence-electron chi connectivity index (χ0n) is 47.7. The molecule has 0 saturated heterocycles. The molecule has 8 aromatic rings. The van der Waals surface area contributed by atoms with Gasteiger partial charge in [-0.15, -0.1) is 11.3 Å². The lowest BCUT2D eigenvalue weighted by atomic mass is 9.73. The normalized spacial score (nSPS) is 15.4. The Labute approximate surface area is 492 Å². The van der Waals surface area contributed by atoms with E-state index in [1.54, 1.807) is 47.7 Å². The second-order valence-electron chi connectivity index (χ2n) is 19.8. The van der Waals surface area contributed by atoms with Gasteiger partial charge in [0.1, 0.15) is 0 Å². The van der Waals surface area contributed by atoms with E-state index in [-0.39, 0.29) is 36.4 Å². The van der Waals surface area contributed by atoms with Crippen molar-refractivity contribution >= 4 is 23.0 Å². The van der Waals surface area contributed by atoms with Crippen LogP contribution in [0.5, 0.6) is 0 Å². The van der Waals surface area contributed by atoms with Crippen LogP contribution in [0.15, 0.2) is 212 Å². The van der Waals surface area contributed by atoms with Gasteiger partial charge in [0.2, 0.25) is 0 Å². The monoisotopic (exact) mass is 1150 g/mol. The third-order valence-corrected chi connectivity index (χ3v) is 15.3. The van der Waals surface area contributed by atoms with Gasteiger partial charge < -0.3 is 24.7 Å². The van der Waals surface area contributed by atoms with Gasteiger partial charge in [-0.1, -0.05) is 213 Å². The highest BCUT2D eigenvalue weighted by Crippen LogP contribution is 2.64.